The fourth-order valence-electron chi connectivity index (χ4n) is 2.71. The molecule has 1 aliphatic rings. The second-order valence-electron chi connectivity index (χ2n) is 5.05. The van der Waals surface area contributed by atoms with Gasteiger partial charge in [0.25, 0.3) is 0 Å². The van der Waals surface area contributed by atoms with Gasteiger partial charge in [0, 0.05) is 12.2 Å². The first-order valence-electron chi connectivity index (χ1n) is 6.72. The Kier molecular flexibility index (Phi) is 4.53. The van der Waals surface area contributed by atoms with E-state index < -0.39 is 0 Å². The summed E-state index contributed by atoms with van der Waals surface area (Å²) in [5.41, 5.74) is 6.58. The minimum Gasteiger partial charge on any atom is -0.389 e. The van der Waals surface area contributed by atoms with Crippen LogP contribution in [0.25, 0.3) is 0 Å². The van der Waals surface area contributed by atoms with Crippen molar-refractivity contribution in [2.24, 2.45) is 11.7 Å². The Balaban J connectivity index is 2.07. The number of hydrogen-bond donors (Lipinski definition) is 2. The van der Waals surface area contributed by atoms with Crippen LogP contribution in [0.5, 0.6) is 0 Å². The zero-order valence-electron chi connectivity index (χ0n) is 10.9. The second kappa shape index (κ2) is 6.14. The monoisotopic (exact) mass is 263 g/mol. The van der Waals surface area contributed by atoms with Crippen LogP contribution in [0.4, 0.5) is 5.82 Å². The molecule has 0 radical (unpaired) electrons. The zero-order valence-corrected chi connectivity index (χ0v) is 11.7. The molecule has 1 heterocycles. The van der Waals surface area contributed by atoms with Gasteiger partial charge in [-0.05, 0) is 30.9 Å². The van der Waals surface area contributed by atoms with Crippen molar-refractivity contribution in [1.29, 1.82) is 0 Å². The van der Waals surface area contributed by atoms with E-state index in [0.29, 0.717) is 11.0 Å². The minimum absolute atomic E-state index is 0.411. The molecule has 2 unspecified atom stereocenters. The standard InChI is InChI=1S/C14H21N3S/c1-2-10-5-3-6-11(9-10)17-14-12(13(15)18)7-4-8-16-14/h4,7-8,10-11H,2-3,5-6,9H2,1H3,(H2,15,18)(H,16,17). The van der Waals surface area contributed by atoms with Gasteiger partial charge in [0.1, 0.15) is 10.8 Å². The van der Waals surface area contributed by atoms with E-state index in [9.17, 15) is 0 Å². The number of rotatable bonds is 4. The fourth-order valence-corrected chi connectivity index (χ4v) is 2.87. The van der Waals surface area contributed by atoms with Gasteiger partial charge in [-0.15, -0.1) is 0 Å². The maximum absolute atomic E-state index is 5.72. The molecule has 98 valence electrons. The quantitative estimate of drug-likeness (QED) is 0.820. The summed E-state index contributed by atoms with van der Waals surface area (Å²) in [6.07, 6.45) is 8.14. The molecular formula is C14H21N3S. The van der Waals surface area contributed by atoms with Crippen LogP contribution in [0.15, 0.2) is 18.3 Å². The number of nitrogens with zero attached hydrogens (tertiary/aromatic N) is 1. The first-order valence-corrected chi connectivity index (χ1v) is 7.13. The molecule has 0 bridgehead atoms. The Labute approximate surface area is 114 Å². The van der Waals surface area contributed by atoms with Crippen LogP contribution in [0.3, 0.4) is 0 Å². The van der Waals surface area contributed by atoms with Crippen LogP contribution in [-0.2, 0) is 0 Å². The predicted molar refractivity (Wildman–Crippen MR) is 79.8 cm³/mol. The van der Waals surface area contributed by atoms with Crippen LogP contribution in [0.1, 0.15) is 44.6 Å². The summed E-state index contributed by atoms with van der Waals surface area (Å²) < 4.78 is 0. The van der Waals surface area contributed by atoms with Gasteiger partial charge >= 0.3 is 0 Å². The molecule has 0 aromatic carbocycles. The highest BCUT2D eigenvalue weighted by Gasteiger charge is 2.21. The molecule has 1 fully saturated rings. The van der Waals surface area contributed by atoms with E-state index in [2.05, 4.69) is 17.2 Å². The maximum atomic E-state index is 5.72. The molecule has 4 heteroatoms. The van der Waals surface area contributed by atoms with E-state index in [1.165, 1.54) is 32.1 Å². The fraction of sp³-hybridized carbons (Fsp3) is 0.571. The Hall–Kier alpha value is -1.16. The van der Waals surface area contributed by atoms with Crippen LogP contribution in [-0.4, -0.2) is 16.0 Å². The third-order valence-corrected chi connectivity index (χ3v) is 3.99. The first kappa shape index (κ1) is 13.3. The number of aromatic nitrogens is 1. The Morgan fingerprint density at radius 1 is 1.56 bits per heavy atom. The largest absolute Gasteiger partial charge is 0.389 e. The molecule has 3 N–H and O–H groups in total. The summed E-state index contributed by atoms with van der Waals surface area (Å²) in [5.74, 6) is 1.68. The number of hydrogen-bond acceptors (Lipinski definition) is 3. The highest BCUT2D eigenvalue weighted by molar-refractivity contribution is 7.80. The number of pyridine rings is 1. The Morgan fingerprint density at radius 3 is 3.11 bits per heavy atom. The zero-order chi connectivity index (χ0) is 13.0. The summed E-state index contributed by atoms with van der Waals surface area (Å²) >= 11 is 5.06. The summed E-state index contributed by atoms with van der Waals surface area (Å²) in [5, 5.41) is 3.52. The lowest BCUT2D eigenvalue weighted by Crippen LogP contribution is -2.28. The molecule has 1 aromatic heterocycles. The van der Waals surface area contributed by atoms with Gasteiger partial charge in [0.05, 0.1) is 5.56 Å². The third-order valence-electron chi connectivity index (χ3n) is 3.77. The van der Waals surface area contributed by atoms with E-state index in [1.54, 1.807) is 6.20 Å². The molecule has 1 aromatic rings. The molecule has 2 atom stereocenters. The Morgan fingerprint density at radius 2 is 2.39 bits per heavy atom. The minimum atomic E-state index is 0.411. The smallest absolute Gasteiger partial charge is 0.136 e. The van der Waals surface area contributed by atoms with Gasteiger partial charge in [-0.3, -0.25) is 0 Å². The topological polar surface area (TPSA) is 50.9 Å². The summed E-state index contributed by atoms with van der Waals surface area (Å²) in [4.78, 5) is 4.78. The molecular weight excluding hydrogens is 242 g/mol. The molecule has 2 rings (SSSR count). The lowest BCUT2D eigenvalue weighted by molar-refractivity contribution is 0.327. The highest BCUT2D eigenvalue weighted by atomic mass is 32.1. The number of nitrogens with one attached hydrogen (secondary N) is 1. The van der Waals surface area contributed by atoms with Gasteiger partial charge in [-0.1, -0.05) is 38.4 Å². The summed E-state index contributed by atoms with van der Waals surface area (Å²) in [6.45, 7) is 2.27. The lowest BCUT2D eigenvalue weighted by atomic mass is 9.84. The van der Waals surface area contributed by atoms with Gasteiger partial charge < -0.3 is 11.1 Å². The second-order valence-corrected chi connectivity index (χ2v) is 5.49. The number of nitrogens with two attached hydrogens (primary N) is 1. The van der Waals surface area contributed by atoms with E-state index in [4.69, 9.17) is 18.0 Å². The highest BCUT2D eigenvalue weighted by Crippen LogP contribution is 2.28. The normalized spacial score (nSPS) is 23.6. The van der Waals surface area contributed by atoms with Crippen molar-refractivity contribution in [3.8, 4) is 0 Å². The summed E-state index contributed by atoms with van der Waals surface area (Å²) in [6, 6.07) is 4.31. The van der Waals surface area contributed by atoms with Gasteiger partial charge in [-0.2, -0.15) is 0 Å². The van der Waals surface area contributed by atoms with Gasteiger partial charge in [0.2, 0.25) is 0 Å². The predicted octanol–water partition coefficient (Wildman–Crippen LogP) is 3.10. The maximum Gasteiger partial charge on any atom is 0.136 e. The molecule has 0 saturated heterocycles. The van der Waals surface area contributed by atoms with Crippen molar-refractivity contribution in [3.05, 3.63) is 23.9 Å². The summed E-state index contributed by atoms with van der Waals surface area (Å²) in [7, 11) is 0. The van der Waals surface area contributed by atoms with Crippen molar-refractivity contribution in [2.45, 2.75) is 45.1 Å². The van der Waals surface area contributed by atoms with Crippen LogP contribution < -0.4 is 11.1 Å². The molecule has 0 amide bonds. The number of anilines is 1. The van der Waals surface area contributed by atoms with Crippen molar-refractivity contribution in [3.63, 3.8) is 0 Å². The first-order chi connectivity index (χ1) is 8.70. The van der Waals surface area contributed by atoms with E-state index in [1.807, 2.05) is 12.1 Å². The van der Waals surface area contributed by atoms with Gasteiger partial charge in [0.15, 0.2) is 0 Å². The molecule has 0 spiro atoms. The molecule has 0 aliphatic heterocycles. The molecule has 3 nitrogen and oxygen atoms in total. The van der Waals surface area contributed by atoms with Crippen molar-refractivity contribution < 1.29 is 0 Å². The van der Waals surface area contributed by atoms with Crippen molar-refractivity contribution >= 4 is 23.0 Å². The lowest BCUT2D eigenvalue weighted by Gasteiger charge is -2.29. The van der Waals surface area contributed by atoms with Crippen molar-refractivity contribution in [2.75, 3.05) is 5.32 Å². The Bertz CT molecular complexity index is 419. The van der Waals surface area contributed by atoms with E-state index >= 15 is 0 Å². The van der Waals surface area contributed by atoms with Crippen molar-refractivity contribution in [1.82, 2.24) is 4.98 Å². The average molecular weight is 263 g/mol. The molecule has 1 aliphatic carbocycles. The van der Waals surface area contributed by atoms with Crippen LogP contribution >= 0.6 is 12.2 Å². The van der Waals surface area contributed by atoms with Crippen LogP contribution in [0, 0.1) is 5.92 Å². The van der Waals surface area contributed by atoms with E-state index in [0.717, 1.165) is 17.3 Å². The van der Waals surface area contributed by atoms with Gasteiger partial charge in [-0.25, -0.2) is 4.98 Å². The number of thiocarbonyl (C=S) groups is 1. The molecule has 1 saturated carbocycles. The van der Waals surface area contributed by atoms with E-state index in [-0.39, 0.29) is 0 Å². The third kappa shape index (κ3) is 3.19. The van der Waals surface area contributed by atoms with Crippen LogP contribution in [0.2, 0.25) is 0 Å². The SMILES string of the molecule is CCC1CCCC(Nc2ncccc2C(N)=S)C1. The average Bonchev–Trinajstić information content (AvgIpc) is 2.39. The molecule has 18 heavy (non-hydrogen) atoms.